The van der Waals surface area contributed by atoms with E-state index in [2.05, 4.69) is 0 Å². The molecule has 156 valence electrons. The zero-order valence-corrected chi connectivity index (χ0v) is 17.1. The number of hydrogen-bond donors (Lipinski definition) is 3. The summed E-state index contributed by atoms with van der Waals surface area (Å²) in [6, 6.07) is 11.2. The maximum absolute atomic E-state index is 12.6. The number of benzene rings is 2. The molecule has 1 heterocycles. The number of aryl methyl sites for hydroxylation is 1. The minimum absolute atomic E-state index is 0.0683. The molecule has 8 nitrogen and oxygen atoms in total. The maximum Gasteiger partial charge on any atom is 0.341 e. The van der Waals surface area contributed by atoms with Crippen molar-refractivity contribution < 1.29 is 17.3 Å². The van der Waals surface area contributed by atoms with Gasteiger partial charge < -0.3 is 25.3 Å². The number of hydrogen-bond acceptors (Lipinski definition) is 6. The third-order valence-electron chi connectivity index (χ3n) is 4.86. The fraction of sp³-hybridized carbons (Fsp3) is 0.350. The molecule has 0 unspecified atom stereocenters. The molecule has 1 fully saturated rings. The molecular formula is C20H26N4O4S. The first-order chi connectivity index (χ1) is 13.7. The Morgan fingerprint density at radius 1 is 1.17 bits per heavy atom. The molecule has 0 spiro atoms. The van der Waals surface area contributed by atoms with Crippen LogP contribution in [0, 0.1) is 18.3 Å². The predicted octanol–water partition coefficient (Wildman–Crippen LogP) is 2.33. The summed E-state index contributed by atoms with van der Waals surface area (Å²) in [6.45, 7) is 3.83. The monoisotopic (exact) mass is 418 g/mol. The number of guanidine groups is 1. The second kappa shape index (κ2) is 8.60. The summed E-state index contributed by atoms with van der Waals surface area (Å²) in [7, 11) is -4.05. The van der Waals surface area contributed by atoms with Crippen LogP contribution < -0.4 is 20.4 Å². The fourth-order valence-electron chi connectivity index (χ4n) is 3.28. The van der Waals surface area contributed by atoms with Gasteiger partial charge in [0.2, 0.25) is 0 Å². The van der Waals surface area contributed by atoms with Gasteiger partial charge in [-0.25, -0.2) is 0 Å². The molecule has 2 aromatic rings. The van der Waals surface area contributed by atoms with Crippen molar-refractivity contribution in [2.45, 2.75) is 24.7 Å². The Hall–Kier alpha value is -2.94. The lowest BCUT2D eigenvalue weighted by molar-refractivity contribution is 0.180. The number of likely N-dealkylation sites (tertiary alicyclic amines) is 1. The molecule has 0 bridgehead atoms. The van der Waals surface area contributed by atoms with Crippen LogP contribution in [0.5, 0.6) is 11.5 Å². The molecule has 0 aromatic heterocycles. The van der Waals surface area contributed by atoms with Gasteiger partial charge in [-0.05, 0) is 55.5 Å². The third-order valence-corrected chi connectivity index (χ3v) is 6.18. The molecule has 0 amide bonds. The molecule has 3 rings (SSSR count). The van der Waals surface area contributed by atoms with Crippen LogP contribution in [0.15, 0.2) is 47.4 Å². The van der Waals surface area contributed by atoms with Crippen molar-refractivity contribution in [2.75, 3.05) is 25.4 Å². The number of nitrogen functional groups attached to an aromatic ring is 1. The van der Waals surface area contributed by atoms with Crippen molar-refractivity contribution in [2.24, 2.45) is 11.7 Å². The van der Waals surface area contributed by atoms with Crippen LogP contribution in [-0.4, -0.2) is 39.0 Å². The van der Waals surface area contributed by atoms with E-state index in [-0.39, 0.29) is 22.3 Å². The first-order valence-electron chi connectivity index (χ1n) is 9.37. The molecule has 0 aliphatic carbocycles. The Balaban J connectivity index is 1.66. The number of anilines is 1. The van der Waals surface area contributed by atoms with Gasteiger partial charge in [0.25, 0.3) is 0 Å². The Morgan fingerprint density at radius 3 is 2.48 bits per heavy atom. The smallest absolute Gasteiger partial charge is 0.341 e. The highest BCUT2D eigenvalue weighted by molar-refractivity contribution is 7.87. The molecule has 5 N–H and O–H groups in total. The zero-order chi connectivity index (χ0) is 21.0. The molecule has 1 aliphatic rings. The topological polar surface area (TPSA) is 132 Å². The molecule has 9 heteroatoms. The van der Waals surface area contributed by atoms with E-state index in [0.717, 1.165) is 31.5 Å². The highest BCUT2D eigenvalue weighted by Crippen LogP contribution is 2.28. The van der Waals surface area contributed by atoms with E-state index in [9.17, 15) is 8.42 Å². The second-order valence-corrected chi connectivity index (χ2v) is 8.70. The predicted molar refractivity (Wildman–Crippen MR) is 112 cm³/mol. The quantitative estimate of drug-likeness (QED) is 0.284. The maximum atomic E-state index is 12.6. The summed E-state index contributed by atoms with van der Waals surface area (Å²) >= 11 is 0. The normalized spacial score (nSPS) is 15.1. The van der Waals surface area contributed by atoms with Gasteiger partial charge >= 0.3 is 10.1 Å². The van der Waals surface area contributed by atoms with Crippen LogP contribution in [0.4, 0.5) is 5.69 Å². The van der Waals surface area contributed by atoms with Gasteiger partial charge in [0.1, 0.15) is 16.4 Å². The summed E-state index contributed by atoms with van der Waals surface area (Å²) in [5.41, 5.74) is 12.2. The third kappa shape index (κ3) is 5.32. The largest absolute Gasteiger partial charge is 0.493 e. The van der Waals surface area contributed by atoms with Gasteiger partial charge in [-0.3, -0.25) is 5.41 Å². The fourth-order valence-corrected chi connectivity index (χ4v) is 4.32. The first kappa shape index (κ1) is 20.8. The minimum Gasteiger partial charge on any atom is -0.493 e. The molecule has 2 aromatic carbocycles. The van der Waals surface area contributed by atoms with Crippen molar-refractivity contribution in [3.8, 4) is 11.5 Å². The Bertz CT molecular complexity index is 986. The molecule has 1 aliphatic heterocycles. The van der Waals surface area contributed by atoms with E-state index in [1.54, 1.807) is 24.3 Å². The first-order valence-corrected chi connectivity index (χ1v) is 10.8. The van der Waals surface area contributed by atoms with Crippen LogP contribution in [0.2, 0.25) is 0 Å². The summed E-state index contributed by atoms with van der Waals surface area (Å²) in [4.78, 5) is 1.77. The number of ether oxygens (including phenoxy) is 1. The minimum atomic E-state index is -4.05. The number of nitrogens with one attached hydrogen (secondary N) is 1. The van der Waals surface area contributed by atoms with Crippen molar-refractivity contribution in [1.82, 2.24) is 4.90 Å². The Labute approximate surface area is 171 Å². The van der Waals surface area contributed by atoms with Crippen molar-refractivity contribution in [1.29, 1.82) is 5.41 Å². The van der Waals surface area contributed by atoms with E-state index in [4.69, 9.17) is 25.8 Å². The van der Waals surface area contributed by atoms with E-state index < -0.39 is 10.1 Å². The zero-order valence-electron chi connectivity index (χ0n) is 16.3. The molecule has 0 atom stereocenters. The van der Waals surface area contributed by atoms with Crippen LogP contribution in [0.1, 0.15) is 18.4 Å². The molecule has 0 radical (unpaired) electrons. The van der Waals surface area contributed by atoms with E-state index in [0.29, 0.717) is 18.3 Å². The van der Waals surface area contributed by atoms with Crippen LogP contribution in [-0.2, 0) is 10.1 Å². The number of nitrogens with zero attached hydrogens (tertiary/aromatic N) is 1. The second-order valence-electron chi connectivity index (χ2n) is 7.18. The number of nitrogens with two attached hydrogens (primary N) is 2. The summed E-state index contributed by atoms with van der Waals surface area (Å²) in [5.74, 6) is 1.17. The van der Waals surface area contributed by atoms with Gasteiger partial charge in [0.15, 0.2) is 5.96 Å². The van der Waals surface area contributed by atoms with Gasteiger partial charge in [-0.1, -0.05) is 12.1 Å². The lowest BCUT2D eigenvalue weighted by Gasteiger charge is -2.32. The average Bonchev–Trinajstić information content (AvgIpc) is 2.66. The summed E-state index contributed by atoms with van der Waals surface area (Å²) in [5, 5.41) is 7.49. The molecule has 0 saturated carbocycles. The van der Waals surface area contributed by atoms with E-state index in [1.807, 2.05) is 17.9 Å². The molecule has 1 saturated heterocycles. The van der Waals surface area contributed by atoms with Gasteiger partial charge in [0.05, 0.1) is 12.3 Å². The lowest BCUT2D eigenvalue weighted by atomic mass is 9.98. The number of piperidine rings is 1. The molecule has 29 heavy (non-hydrogen) atoms. The van der Waals surface area contributed by atoms with Crippen molar-refractivity contribution in [3.05, 3.63) is 48.0 Å². The summed E-state index contributed by atoms with van der Waals surface area (Å²) in [6.07, 6.45) is 1.77. The van der Waals surface area contributed by atoms with Crippen LogP contribution in [0.25, 0.3) is 0 Å². The standard InChI is InChI=1S/C20H26N4O4S/c1-14-10-16(27-13-15-6-8-24(9-7-15)20(22)23)12-17(11-14)28-29(25,26)19-5-3-2-4-18(19)21/h2-5,10-12,15H,6-9,13,21H2,1H3,(H3,22,23). The van der Waals surface area contributed by atoms with Gasteiger partial charge in [-0.2, -0.15) is 8.42 Å². The summed E-state index contributed by atoms with van der Waals surface area (Å²) < 4.78 is 36.3. The lowest BCUT2D eigenvalue weighted by Crippen LogP contribution is -2.43. The highest BCUT2D eigenvalue weighted by Gasteiger charge is 2.22. The van der Waals surface area contributed by atoms with E-state index >= 15 is 0 Å². The molecular weight excluding hydrogens is 392 g/mol. The number of rotatable bonds is 6. The van der Waals surface area contributed by atoms with E-state index in [1.165, 1.54) is 12.1 Å². The van der Waals surface area contributed by atoms with Crippen LogP contribution >= 0.6 is 0 Å². The SMILES string of the molecule is Cc1cc(OCC2CCN(C(=N)N)CC2)cc(OS(=O)(=O)c2ccccc2N)c1. The Morgan fingerprint density at radius 2 is 1.83 bits per heavy atom. The van der Waals surface area contributed by atoms with Gasteiger partial charge in [-0.15, -0.1) is 0 Å². The highest BCUT2D eigenvalue weighted by atomic mass is 32.2. The number of para-hydroxylation sites is 1. The van der Waals surface area contributed by atoms with Crippen LogP contribution in [0.3, 0.4) is 0 Å². The van der Waals surface area contributed by atoms with Crippen molar-refractivity contribution in [3.63, 3.8) is 0 Å². The van der Waals surface area contributed by atoms with Gasteiger partial charge in [0, 0.05) is 19.2 Å². The Kier molecular flexibility index (Phi) is 6.17. The van der Waals surface area contributed by atoms with Crippen molar-refractivity contribution >= 4 is 21.8 Å². The average molecular weight is 419 g/mol.